The number of benzene rings is 2. The van der Waals surface area contributed by atoms with Crippen molar-refractivity contribution in [2.24, 2.45) is 10.8 Å². The fourth-order valence-electron chi connectivity index (χ4n) is 4.15. The number of nitrogens with one attached hydrogen (secondary N) is 2. The van der Waals surface area contributed by atoms with Crippen molar-refractivity contribution in [2.75, 3.05) is 13.1 Å². The minimum Gasteiger partial charge on any atom is -0.385 e. The summed E-state index contributed by atoms with van der Waals surface area (Å²) >= 11 is 0. The van der Waals surface area contributed by atoms with E-state index in [9.17, 15) is 35.1 Å². The topological polar surface area (TPSA) is 212 Å². The minimum atomic E-state index is -1.25. The number of nitro groups is 3. The number of amides is 1. The van der Waals surface area contributed by atoms with Crippen LogP contribution in [0.4, 0.5) is 11.4 Å². The largest absolute Gasteiger partial charge is 0.385 e. The zero-order valence-corrected chi connectivity index (χ0v) is 19.1. The predicted molar refractivity (Wildman–Crippen MR) is 129 cm³/mol. The number of hydrazone groups is 1. The van der Waals surface area contributed by atoms with Crippen molar-refractivity contribution in [3.8, 4) is 0 Å². The van der Waals surface area contributed by atoms with Crippen LogP contribution >= 0.6 is 0 Å². The van der Waals surface area contributed by atoms with Crippen LogP contribution in [0.3, 0.4) is 0 Å². The highest BCUT2D eigenvalue weighted by Crippen LogP contribution is 2.41. The maximum Gasteiger partial charge on any atom is 0.298 e. The highest BCUT2D eigenvalue weighted by Gasteiger charge is 2.45. The van der Waals surface area contributed by atoms with Crippen LogP contribution in [0.15, 0.2) is 76.5 Å². The fourth-order valence-corrected chi connectivity index (χ4v) is 4.15. The molecule has 0 saturated carbocycles. The van der Waals surface area contributed by atoms with E-state index in [1.807, 2.05) is 0 Å². The van der Waals surface area contributed by atoms with E-state index in [-0.39, 0.29) is 39.9 Å². The third-order valence-electron chi connectivity index (χ3n) is 5.85. The van der Waals surface area contributed by atoms with Gasteiger partial charge in [0.05, 0.1) is 26.6 Å². The Hall–Kier alpha value is -5.34. The third kappa shape index (κ3) is 4.90. The Morgan fingerprint density at radius 1 is 1.00 bits per heavy atom. The maximum absolute atomic E-state index is 13.3. The first-order chi connectivity index (χ1) is 17.7. The molecule has 2 heterocycles. The van der Waals surface area contributed by atoms with Crippen molar-refractivity contribution in [3.63, 3.8) is 0 Å². The van der Waals surface area contributed by atoms with E-state index in [1.54, 1.807) is 0 Å². The average Bonchev–Trinajstić information content (AvgIpc) is 2.88. The molecular formula is C22H20N8O7. The Morgan fingerprint density at radius 2 is 1.59 bits per heavy atom. The normalized spacial score (nSPS) is 17.3. The smallest absolute Gasteiger partial charge is 0.298 e. The van der Waals surface area contributed by atoms with E-state index in [0.717, 1.165) is 0 Å². The molecule has 37 heavy (non-hydrogen) atoms. The van der Waals surface area contributed by atoms with Crippen molar-refractivity contribution in [3.05, 3.63) is 113 Å². The molecule has 4 rings (SSSR count). The lowest BCUT2D eigenvalue weighted by atomic mass is 9.84. The first-order valence-electron chi connectivity index (χ1n) is 10.9. The molecule has 1 atom stereocenters. The number of nitrogens with zero attached hydrogens (tertiary/aromatic N) is 5. The van der Waals surface area contributed by atoms with Gasteiger partial charge in [-0.2, -0.15) is 5.10 Å². The quantitative estimate of drug-likeness (QED) is 0.279. The molecule has 1 saturated heterocycles. The molecule has 2 aliphatic rings. The molecule has 1 amide bonds. The predicted octanol–water partition coefficient (Wildman–Crippen LogP) is 1.66. The van der Waals surface area contributed by atoms with Gasteiger partial charge in [0.2, 0.25) is 0 Å². The van der Waals surface area contributed by atoms with Gasteiger partial charge in [0, 0.05) is 37.4 Å². The number of fused-ring (bicyclic) bond motifs is 1. The summed E-state index contributed by atoms with van der Waals surface area (Å²) in [6.45, 7) is 0.797. The molecule has 0 bridgehead atoms. The first kappa shape index (κ1) is 24.8. The number of carbonyl (C=O) groups excluding carboxylic acids is 1. The van der Waals surface area contributed by atoms with Crippen molar-refractivity contribution in [1.82, 2.24) is 15.6 Å². The van der Waals surface area contributed by atoms with Crippen molar-refractivity contribution in [2.45, 2.75) is 12.3 Å². The van der Waals surface area contributed by atoms with E-state index >= 15 is 0 Å². The van der Waals surface area contributed by atoms with E-state index in [4.69, 9.17) is 5.73 Å². The summed E-state index contributed by atoms with van der Waals surface area (Å²) in [5, 5.41) is 41.0. The van der Waals surface area contributed by atoms with Crippen LogP contribution in [-0.4, -0.2) is 44.9 Å². The Morgan fingerprint density at radius 3 is 2.16 bits per heavy atom. The molecule has 190 valence electrons. The lowest BCUT2D eigenvalue weighted by Crippen LogP contribution is -2.48. The van der Waals surface area contributed by atoms with Crippen LogP contribution in [0.1, 0.15) is 23.5 Å². The van der Waals surface area contributed by atoms with Crippen molar-refractivity contribution < 1.29 is 19.6 Å². The zero-order valence-electron chi connectivity index (χ0n) is 19.1. The number of hydrogen-bond donors (Lipinski definition) is 3. The van der Waals surface area contributed by atoms with E-state index < -0.39 is 26.6 Å². The molecule has 4 N–H and O–H groups in total. The van der Waals surface area contributed by atoms with Crippen LogP contribution < -0.4 is 16.5 Å². The lowest BCUT2D eigenvalue weighted by molar-refractivity contribution is -0.432. The van der Waals surface area contributed by atoms with Gasteiger partial charge in [0.25, 0.3) is 23.0 Å². The number of hydrogen-bond acceptors (Lipinski definition) is 11. The molecule has 0 radical (unpaired) electrons. The molecule has 15 nitrogen and oxygen atoms in total. The summed E-state index contributed by atoms with van der Waals surface area (Å²) in [4.78, 5) is 47.1. The SMILES string of the molecule is NC1=C(C(=O)N/N=C/c2ccc([N+](=O)[O-])cc2)C(c2ccc([N+](=O)[O-])cc2)C([N+](=O)[O-])=C2NCCCN12. The molecule has 15 heteroatoms. The molecule has 2 aromatic carbocycles. The number of nitrogens with two attached hydrogens (primary N) is 1. The Kier molecular flexibility index (Phi) is 6.77. The Labute approximate surface area is 208 Å². The Balaban J connectivity index is 1.71. The van der Waals surface area contributed by atoms with Gasteiger partial charge < -0.3 is 16.0 Å². The second-order valence-corrected chi connectivity index (χ2v) is 8.05. The van der Waals surface area contributed by atoms with Crippen molar-refractivity contribution >= 4 is 23.5 Å². The average molecular weight is 508 g/mol. The van der Waals surface area contributed by atoms with Crippen LogP contribution in [-0.2, 0) is 4.79 Å². The van der Waals surface area contributed by atoms with Crippen LogP contribution in [0.5, 0.6) is 0 Å². The molecule has 2 aromatic rings. The molecule has 0 spiro atoms. The minimum absolute atomic E-state index is 0.0146. The Bertz CT molecular complexity index is 1370. The lowest BCUT2D eigenvalue weighted by Gasteiger charge is -2.38. The number of nitro benzene ring substituents is 2. The van der Waals surface area contributed by atoms with Crippen molar-refractivity contribution in [1.29, 1.82) is 0 Å². The van der Waals surface area contributed by atoms with E-state index in [2.05, 4.69) is 15.8 Å². The highest BCUT2D eigenvalue weighted by atomic mass is 16.6. The summed E-state index contributed by atoms with van der Waals surface area (Å²) in [5.41, 5.74) is 8.57. The van der Waals surface area contributed by atoms with E-state index in [0.29, 0.717) is 25.1 Å². The van der Waals surface area contributed by atoms with Gasteiger partial charge in [-0.3, -0.25) is 35.1 Å². The third-order valence-corrected chi connectivity index (χ3v) is 5.85. The highest BCUT2D eigenvalue weighted by molar-refractivity contribution is 5.97. The van der Waals surface area contributed by atoms with Crippen LogP contribution in [0, 0.1) is 30.3 Å². The number of rotatable bonds is 7. The first-order valence-corrected chi connectivity index (χ1v) is 10.9. The second-order valence-electron chi connectivity index (χ2n) is 8.05. The summed E-state index contributed by atoms with van der Waals surface area (Å²) in [7, 11) is 0. The number of carbonyl (C=O) groups is 1. The molecule has 1 fully saturated rings. The molecular weight excluding hydrogens is 488 g/mol. The van der Waals surface area contributed by atoms with E-state index in [1.165, 1.54) is 59.6 Å². The van der Waals surface area contributed by atoms with Gasteiger partial charge in [-0.25, -0.2) is 5.43 Å². The summed E-state index contributed by atoms with van der Waals surface area (Å²) < 4.78 is 0. The summed E-state index contributed by atoms with van der Waals surface area (Å²) in [6.07, 6.45) is 1.87. The molecule has 1 unspecified atom stereocenters. The van der Waals surface area contributed by atoms with Gasteiger partial charge >= 0.3 is 0 Å². The maximum atomic E-state index is 13.3. The van der Waals surface area contributed by atoms with Crippen LogP contribution in [0.25, 0.3) is 0 Å². The van der Waals surface area contributed by atoms with Gasteiger partial charge in [-0.1, -0.05) is 12.1 Å². The van der Waals surface area contributed by atoms with Gasteiger partial charge in [0.15, 0.2) is 5.82 Å². The fraction of sp³-hybridized carbons (Fsp3) is 0.182. The monoisotopic (exact) mass is 508 g/mol. The summed E-state index contributed by atoms with van der Waals surface area (Å²) in [5.74, 6) is -1.92. The molecule has 0 aromatic heterocycles. The molecule has 2 aliphatic heterocycles. The van der Waals surface area contributed by atoms with Gasteiger partial charge in [0.1, 0.15) is 11.7 Å². The number of allylic oxidation sites excluding steroid dienone is 1. The number of non-ortho nitro benzene ring substituents is 2. The van der Waals surface area contributed by atoms with Gasteiger partial charge in [-0.05, 0) is 29.7 Å². The zero-order chi connectivity index (χ0) is 26.7. The second kappa shape index (κ2) is 10.1. The summed E-state index contributed by atoms with van der Waals surface area (Å²) in [6, 6.07) is 10.5. The molecule has 0 aliphatic carbocycles. The van der Waals surface area contributed by atoms with Gasteiger partial charge in [-0.15, -0.1) is 0 Å². The standard InChI is InChI=1S/C22H20N8O7/c23-20-18(22(31)26-25-12-13-2-6-15(7-3-13)28(32)33)17(14-4-8-16(9-5-14)29(34)35)19(30(36)37)21-24-10-1-11-27(20)21/h2-9,12,17,24H,1,10-11,23H2,(H,26,31)/b25-12+. The van der Waals surface area contributed by atoms with Crippen LogP contribution in [0.2, 0.25) is 0 Å².